The molecule has 0 aromatic heterocycles. The lowest BCUT2D eigenvalue weighted by Crippen LogP contribution is -2.61. The molecule has 1 fully saturated rings. The van der Waals surface area contributed by atoms with Crippen molar-refractivity contribution in [2.24, 2.45) is 11.3 Å². The third-order valence-corrected chi connectivity index (χ3v) is 9.78. The number of hydrogen-bond acceptors (Lipinski definition) is 6. The number of rotatable bonds is 8. The lowest BCUT2D eigenvalue weighted by atomic mass is 9.72. The summed E-state index contributed by atoms with van der Waals surface area (Å²) in [6.45, 7) is 7.64. The molecule has 1 aromatic carbocycles. The molecular formula is C20H30N2O5S2. The van der Waals surface area contributed by atoms with Crippen LogP contribution in [0, 0.1) is 18.3 Å². The van der Waals surface area contributed by atoms with Crippen molar-refractivity contribution >= 4 is 33.5 Å². The maximum absolute atomic E-state index is 13.2. The van der Waals surface area contributed by atoms with Crippen LogP contribution in [-0.4, -0.2) is 48.4 Å². The number of thioether (sulfide) groups is 1. The Morgan fingerprint density at radius 3 is 2.45 bits per heavy atom. The van der Waals surface area contributed by atoms with Crippen molar-refractivity contribution in [3.8, 4) is 0 Å². The molecule has 0 bridgehead atoms. The number of carbonyl (C=O) groups is 2. The van der Waals surface area contributed by atoms with Crippen LogP contribution in [0.1, 0.15) is 39.2 Å². The Morgan fingerprint density at radius 2 is 1.93 bits per heavy atom. The first-order valence-corrected chi connectivity index (χ1v) is 12.4. The van der Waals surface area contributed by atoms with Crippen molar-refractivity contribution in [1.82, 2.24) is 10.6 Å². The molecule has 2 unspecified atom stereocenters. The van der Waals surface area contributed by atoms with Gasteiger partial charge in [0.1, 0.15) is 16.2 Å². The Morgan fingerprint density at radius 1 is 1.31 bits per heavy atom. The minimum absolute atomic E-state index is 0.123. The van der Waals surface area contributed by atoms with Crippen LogP contribution in [0.15, 0.2) is 29.2 Å². The van der Waals surface area contributed by atoms with Gasteiger partial charge >= 0.3 is 5.97 Å². The van der Waals surface area contributed by atoms with Gasteiger partial charge in [-0.2, -0.15) is 0 Å². The lowest BCUT2D eigenvalue weighted by molar-refractivity contribution is -0.160. The summed E-state index contributed by atoms with van der Waals surface area (Å²) in [5, 5.41) is 15.6. The van der Waals surface area contributed by atoms with Gasteiger partial charge in [0.05, 0.1) is 4.90 Å². The standard InChI is InChI=1S/C20H30N2O5S2/c1-5-14(4)20(6-2,19(24)25)18(23)22-16-17(28-12-11-21-16)29(26,27)15-9-7-13(3)8-10-15/h7-10,14,16-17,21H,5-6,11-12H2,1-4H3,(H,22,23)(H,24,25)/t14-,16?,17?,20+/m1/s1. The molecular weight excluding hydrogens is 412 g/mol. The molecule has 29 heavy (non-hydrogen) atoms. The molecule has 0 aliphatic carbocycles. The second-order valence-electron chi connectivity index (χ2n) is 7.44. The molecule has 7 nitrogen and oxygen atoms in total. The van der Waals surface area contributed by atoms with E-state index in [0.29, 0.717) is 18.7 Å². The molecule has 0 spiro atoms. The van der Waals surface area contributed by atoms with E-state index < -0.39 is 43.8 Å². The first-order chi connectivity index (χ1) is 13.6. The van der Waals surface area contributed by atoms with Gasteiger partial charge in [0, 0.05) is 12.3 Å². The first-order valence-electron chi connectivity index (χ1n) is 9.81. The minimum Gasteiger partial charge on any atom is -0.480 e. The predicted octanol–water partition coefficient (Wildman–Crippen LogP) is 2.40. The maximum atomic E-state index is 13.2. The molecule has 1 aliphatic rings. The fourth-order valence-corrected chi connectivity index (χ4v) is 7.11. The molecule has 2 rings (SSSR count). The third kappa shape index (κ3) is 4.62. The maximum Gasteiger partial charge on any atom is 0.319 e. The summed E-state index contributed by atoms with van der Waals surface area (Å²) >= 11 is 1.25. The highest BCUT2D eigenvalue weighted by molar-refractivity contribution is 8.13. The Bertz CT molecular complexity index is 841. The van der Waals surface area contributed by atoms with Gasteiger partial charge in [-0.25, -0.2) is 8.42 Å². The Labute approximate surface area is 177 Å². The molecule has 3 N–H and O–H groups in total. The summed E-state index contributed by atoms with van der Waals surface area (Å²) in [5.41, 5.74) is -0.651. The summed E-state index contributed by atoms with van der Waals surface area (Å²) < 4.78 is 25.5. The first kappa shape index (κ1) is 23.7. The highest BCUT2D eigenvalue weighted by atomic mass is 32.3. The third-order valence-electron chi connectivity index (χ3n) is 5.76. The summed E-state index contributed by atoms with van der Waals surface area (Å²) in [6, 6.07) is 6.59. The minimum atomic E-state index is -3.73. The molecule has 0 radical (unpaired) electrons. The molecule has 1 heterocycles. The summed E-state index contributed by atoms with van der Waals surface area (Å²) in [5.74, 6) is -1.65. The Balaban J connectivity index is 2.35. The molecule has 1 amide bonds. The number of nitrogens with one attached hydrogen (secondary N) is 2. The van der Waals surface area contributed by atoms with Crippen molar-refractivity contribution in [2.45, 2.75) is 56.2 Å². The zero-order valence-corrected chi connectivity index (χ0v) is 18.9. The van der Waals surface area contributed by atoms with Crippen molar-refractivity contribution in [1.29, 1.82) is 0 Å². The highest BCUT2D eigenvalue weighted by Gasteiger charge is 2.50. The fraction of sp³-hybridized carbons (Fsp3) is 0.600. The smallest absolute Gasteiger partial charge is 0.319 e. The number of carboxylic acid groups (broad SMARTS) is 1. The summed E-state index contributed by atoms with van der Waals surface area (Å²) in [6.07, 6.45) is -0.230. The number of sulfone groups is 1. The van der Waals surface area contributed by atoms with Crippen LogP contribution in [0.25, 0.3) is 0 Å². The topological polar surface area (TPSA) is 113 Å². The van der Waals surface area contributed by atoms with Crippen molar-refractivity contribution in [3.05, 3.63) is 29.8 Å². The SMILES string of the molecule is CC[C@@H](C)[C@](CC)(C(=O)O)C(=O)NC1NCCSC1S(=O)(=O)c1ccc(C)cc1. The monoisotopic (exact) mass is 442 g/mol. The van der Waals surface area contributed by atoms with Gasteiger partial charge in [0.15, 0.2) is 9.84 Å². The molecule has 9 heteroatoms. The lowest BCUT2D eigenvalue weighted by Gasteiger charge is -2.37. The van der Waals surface area contributed by atoms with Crippen LogP contribution in [-0.2, 0) is 19.4 Å². The number of benzene rings is 1. The molecule has 4 atom stereocenters. The Hall–Kier alpha value is -1.58. The van der Waals surface area contributed by atoms with Crippen LogP contribution in [0.2, 0.25) is 0 Å². The van der Waals surface area contributed by atoms with Crippen LogP contribution >= 0.6 is 11.8 Å². The van der Waals surface area contributed by atoms with E-state index in [-0.39, 0.29) is 11.3 Å². The predicted molar refractivity (Wildman–Crippen MR) is 114 cm³/mol. The molecule has 1 aliphatic heterocycles. The van der Waals surface area contributed by atoms with Gasteiger partial charge in [-0.15, -0.1) is 11.8 Å². The Kier molecular flexibility index (Phi) is 7.75. The second-order valence-corrected chi connectivity index (χ2v) is 11.1. The number of aliphatic carboxylic acids is 1. The van der Waals surface area contributed by atoms with Crippen LogP contribution in [0.4, 0.5) is 0 Å². The number of carboxylic acids is 1. The quantitative estimate of drug-likeness (QED) is 0.530. The van der Waals surface area contributed by atoms with E-state index in [1.54, 1.807) is 38.1 Å². The van der Waals surface area contributed by atoms with E-state index in [2.05, 4.69) is 10.6 Å². The van der Waals surface area contributed by atoms with E-state index in [1.807, 2.05) is 13.8 Å². The van der Waals surface area contributed by atoms with E-state index in [1.165, 1.54) is 11.8 Å². The zero-order valence-electron chi connectivity index (χ0n) is 17.3. The normalized spacial score (nSPS) is 23.0. The highest BCUT2D eigenvalue weighted by Crippen LogP contribution is 2.36. The molecule has 162 valence electrons. The number of carbonyl (C=O) groups excluding carboxylic acids is 1. The van der Waals surface area contributed by atoms with Gasteiger partial charge in [-0.3, -0.25) is 14.9 Å². The van der Waals surface area contributed by atoms with Crippen molar-refractivity contribution in [3.63, 3.8) is 0 Å². The zero-order chi connectivity index (χ0) is 21.8. The van der Waals surface area contributed by atoms with E-state index in [9.17, 15) is 23.1 Å². The number of aryl methyl sites for hydroxylation is 1. The second kappa shape index (κ2) is 9.49. The largest absolute Gasteiger partial charge is 0.480 e. The van der Waals surface area contributed by atoms with E-state index in [0.717, 1.165) is 5.56 Å². The number of amides is 1. The van der Waals surface area contributed by atoms with Crippen molar-refractivity contribution in [2.75, 3.05) is 12.3 Å². The summed E-state index contributed by atoms with van der Waals surface area (Å²) in [7, 11) is -3.73. The summed E-state index contributed by atoms with van der Waals surface area (Å²) in [4.78, 5) is 25.4. The average molecular weight is 443 g/mol. The van der Waals surface area contributed by atoms with Gasteiger partial charge in [0.2, 0.25) is 5.91 Å². The average Bonchev–Trinajstić information content (AvgIpc) is 2.69. The number of hydrogen-bond donors (Lipinski definition) is 3. The van der Waals surface area contributed by atoms with E-state index in [4.69, 9.17) is 0 Å². The van der Waals surface area contributed by atoms with Gasteiger partial charge < -0.3 is 10.4 Å². The molecule has 0 saturated carbocycles. The van der Waals surface area contributed by atoms with Gasteiger partial charge in [-0.1, -0.05) is 44.9 Å². The van der Waals surface area contributed by atoms with Crippen LogP contribution < -0.4 is 10.6 Å². The fourth-order valence-electron chi connectivity index (χ4n) is 3.64. The van der Waals surface area contributed by atoms with Gasteiger partial charge in [-0.05, 0) is 31.4 Å². The van der Waals surface area contributed by atoms with E-state index >= 15 is 0 Å². The van der Waals surface area contributed by atoms with Gasteiger partial charge in [0.25, 0.3) is 0 Å². The van der Waals surface area contributed by atoms with Crippen molar-refractivity contribution < 1.29 is 23.1 Å². The van der Waals surface area contributed by atoms with Crippen LogP contribution in [0.5, 0.6) is 0 Å². The molecule has 1 saturated heterocycles. The molecule has 1 aromatic rings. The van der Waals surface area contributed by atoms with Crippen LogP contribution in [0.3, 0.4) is 0 Å².